The monoisotopic (exact) mass is 382 g/mol. The molecule has 3 rings (SSSR count). The minimum Gasteiger partial charge on any atom is -0.497 e. The Morgan fingerprint density at radius 2 is 1.89 bits per heavy atom. The van der Waals surface area contributed by atoms with Crippen LogP contribution in [0.5, 0.6) is 11.5 Å². The number of rotatable bonds is 7. The summed E-state index contributed by atoms with van der Waals surface area (Å²) in [6.45, 7) is 0.0575. The molecule has 2 aromatic carbocycles. The average Bonchev–Trinajstić information content (AvgIpc) is 2.73. The minimum atomic E-state index is -0.439. The van der Waals surface area contributed by atoms with Gasteiger partial charge < -0.3 is 20.1 Å². The second kappa shape index (κ2) is 8.81. The number of nitrogens with zero attached hydrogens (tertiary/aromatic N) is 2. The Hall–Kier alpha value is -3.68. The summed E-state index contributed by atoms with van der Waals surface area (Å²) in [6, 6.07) is 13.0. The van der Waals surface area contributed by atoms with Gasteiger partial charge in [0.15, 0.2) is 0 Å². The molecular weight excluding hydrogens is 363 g/mol. The van der Waals surface area contributed by atoms with Crippen LogP contribution in [0.25, 0.3) is 0 Å². The molecule has 144 valence electrons. The molecule has 0 radical (unpaired) electrons. The molecular formula is C20H19FN4O3. The zero-order valence-corrected chi connectivity index (χ0v) is 15.4. The van der Waals surface area contributed by atoms with E-state index < -0.39 is 5.91 Å². The molecule has 3 aromatic rings. The lowest BCUT2D eigenvalue weighted by molar-refractivity contribution is 0.0945. The van der Waals surface area contributed by atoms with Crippen LogP contribution in [-0.2, 0) is 6.54 Å². The number of halogens is 1. The van der Waals surface area contributed by atoms with Crippen molar-refractivity contribution in [3.8, 4) is 11.5 Å². The normalized spacial score (nSPS) is 10.2. The molecule has 0 bridgehead atoms. The molecule has 0 aliphatic heterocycles. The van der Waals surface area contributed by atoms with Gasteiger partial charge in [0.2, 0.25) is 0 Å². The molecule has 0 aliphatic carbocycles. The summed E-state index contributed by atoms with van der Waals surface area (Å²) in [5.41, 5.74) is 1.17. The third-order valence-corrected chi connectivity index (χ3v) is 3.97. The van der Waals surface area contributed by atoms with Gasteiger partial charge in [-0.25, -0.2) is 14.4 Å². The van der Waals surface area contributed by atoms with Gasteiger partial charge in [0.1, 0.15) is 35.2 Å². The summed E-state index contributed by atoms with van der Waals surface area (Å²) >= 11 is 0. The van der Waals surface area contributed by atoms with Crippen molar-refractivity contribution in [1.82, 2.24) is 15.3 Å². The molecule has 0 unspecified atom stereocenters. The first kappa shape index (κ1) is 19.1. The van der Waals surface area contributed by atoms with Crippen molar-refractivity contribution in [2.24, 2.45) is 0 Å². The Morgan fingerprint density at radius 1 is 1.07 bits per heavy atom. The van der Waals surface area contributed by atoms with Gasteiger partial charge in [0.05, 0.1) is 19.9 Å². The molecule has 0 spiro atoms. The van der Waals surface area contributed by atoms with E-state index in [1.165, 1.54) is 18.5 Å². The number of aromatic nitrogens is 2. The van der Waals surface area contributed by atoms with Crippen molar-refractivity contribution in [1.29, 1.82) is 0 Å². The Balaban J connectivity index is 1.73. The van der Waals surface area contributed by atoms with Crippen LogP contribution in [0.1, 0.15) is 16.1 Å². The SMILES string of the molecule is COc1ccc(OC)c(Nc2cc(C(=O)NCc3ccccc3F)ncn2)c1. The zero-order chi connectivity index (χ0) is 19.9. The minimum absolute atomic E-state index is 0.0575. The van der Waals surface area contributed by atoms with Crippen molar-refractivity contribution in [2.45, 2.75) is 6.54 Å². The molecule has 1 heterocycles. The molecule has 1 amide bonds. The van der Waals surface area contributed by atoms with E-state index in [0.717, 1.165) is 0 Å². The van der Waals surface area contributed by atoms with Gasteiger partial charge in [0, 0.05) is 24.2 Å². The summed E-state index contributed by atoms with van der Waals surface area (Å²) in [5.74, 6) is 0.812. The molecule has 0 saturated carbocycles. The van der Waals surface area contributed by atoms with E-state index in [9.17, 15) is 9.18 Å². The number of hydrogen-bond acceptors (Lipinski definition) is 6. The Kier molecular flexibility index (Phi) is 6.01. The number of amides is 1. The highest BCUT2D eigenvalue weighted by Crippen LogP contribution is 2.30. The number of nitrogens with one attached hydrogen (secondary N) is 2. The maximum absolute atomic E-state index is 13.7. The van der Waals surface area contributed by atoms with E-state index in [4.69, 9.17) is 9.47 Å². The first-order chi connectivity index (χ1) is 13.6. The first-order valence-electron chi connectivity index (χ1n) is 8.43. The molecule has 28 heavy (non-hydrogen) atoms. The molecule has 8 heteroatoms. The van der Waals surface area contributed by atoms with Gasteiger partial charge in [-0.05, 0) is 18.2 Å². The topological polar surface area (TPSA) is 85.4 Å². The highest BCUT2D eigenvalue weighted by Gasteiger charge is 2.12. The number of ether oxygens (including phenoxy) is 2. The van der Waals surface area contributed by atoms with Crippen LogP contribution in [0, 0.1) is 5.82 Å². The van der Waals surface area contributed by atoms with Crippen LogP contribution < -0.4 is 20.1 Å². The van der Waals surface area contributed by atoms with Crippen molar-refractivity contribution >= 4 is 17.4 Å². The Morgan fingerprint density at radius 3 is 2.64 bits per heavy atom. The van der Waals surface area contributed by atoms with Crippen molar-refractivity contribution in [2.75, 3.05) is 19.5 Å². The summed E-state index contributed by atoms with van der Waals surface area (Å²) in [4.78, 5) is 20.5. The second-order valence-electron chi connectivity index (χ2n) is 5.75. The number of hydrogen-bond donors (Lipinski definition) is 2. The van der Waals surface area contributed by atoms with Crippen molar-refractivity contribution in [3.63, 3.8) is 0 Å². The summed E-state index contributed by atoms with van der Waals surface area (Å²) < 4.78 is 24.2. The maximum atomic E-state index is 13.7. The van der Waals surface area contributed by atoms with Crippen LogP contribution in [0.3, 0.4) is 0 Å². The molecule has 0 atom stereocenters. The largest absolute Gasteiger partial charge is 0.497 e. The summed E-state index contributed by atoms with van der Waals surface area (Å²) in [7, 11) is 3.11. The van der Waals surface area contributed by atoms with E-state index in [1.807, 2.05) is 0 Å². The highest BCUT2D eigenvalue weighted by atomic mass is 19.1. The quantitative estimate of drug-likeness (QED) is 0.652. The van der Waals surface area contributed by atoms with Gasteiger partial charge in [-0.3, -0.25) is 4.79 Å². The number of carbonyl (C=O) groups excluding carboxylic acids is 1. The van der Waals surface area contributed by atoms with Crippen LogP contribution in [0.2, 0.25) is 0 Å². The van der Waals surface area contributed by atoms with Crippen LogP contribution in [0.4, 0.5) is 15.9 Å². The molecule has 1 aromatic heterocycles. The van der Waals surface area contributed by atoms with Gasteiger partial charge >= 0.3 is 0 Å². The zero-order valence-electron chi connectivity index (χ0n) is 15.4. The third-order valence-electron chi connectivity index (χ3n) is 3.97. The smallest absolute Gasteiger partial charge is 0.270 e. The Labute approximate surface area is 161 Å². The Bertz CT molecular complexity index is 981. The van der Waals surface area contributed by atoms with Crippen LogP contribution in [0.15, 0.2) is 54.9 Å². The summed E-state index contributed by atoms with van der Waals surface area (Å²) in [6.07, 6.45) is 1.27. The number of methoxy groups -OCH3 is 2. The fourth-order valence-corrected chi connectivity index (χ4v) is 2.51. The molecule has 7 nitrogen and oxygen atoms in total. The number of anilines is 2. The predicted octanol–water partition coefficient (Wildman–Crippen LogP) is 3.31. The van der Waals surface area contributed by atoms with E-state index in [0.29, 0.717) is 28.6 Å². The van der Waals surface area contributed by atoms with Gasteiger partial charge in [-0.1, -0.05) is 18.2 Å². The predicted molar refractivity (Wildman–Crippen MR) is 102 cm³/mol. The molecule has 0 fully saturated rings. The molecule has 0 saturated heterocycles. The van der Waals surface area contributed by atoms with Crippen LogP contribution in [-0.4, -0.2) is 30.1 Å². The fraction of sp³-hybridized carbons (Fsp3) is 0.150. The highest BCUT2D eigenvalue weighted by molar-refractivity contribution is 5.93. The van der Waals surface area contributed by atoms with Crippen LogP contribution >= 0.6 is 0 Å². The van der Waals surface area contributed by atoms with E-state index in [1.54, 1.807) is 50.6 Å². The summed E-state index contributed by atoms with van der Waals surface area (Å²) in [5, 5.41) is 5.73. The van der Waals surface area contributed by atoms with Crippen molar-refractivity contribution < 1.29 is 18.7 Å². The van der Waals surface area contributed by atoms with E-state index >= 15 is 0 Å². The van der Waals surface area contributed by atoms with Gasteiger partial charge in [0.25, 0.3) is 5.91 Å². The second-order valence-corrected chi connectivity index (χ2v) is 5.75. The van der Waals surface area contributed by atoms with Crippen molar-refractivity contribution in [3.05, 3.63) is 71.9 Å². The van der Waals surface area contributed by atoms with E-state index in [2.05, 4.69) is 20.6 Å². The lowest BCUT2D eigenvalue weighted by Crippen LogP contribution is -2.24. The maximum Gasteiger partial charge on any atom is 0.270 e. The van der Waals surface area contributed by atoms with E-state index in [-0.39, 0.29) is 18.1 Å². The first-order valence-corrected chi connectivity index (χ1v) is 8.43. The fourth-order valence-electron chi connectivity index (χ4n) is 2.51. The lowest BCUT2D eigenvalue weighted by atomic mass is 10.2. The van der Waals surface area contributed by atoms with Gasteiger partial charge in [-0.2, -0.15) is 0 Å². The third kappa shape index (κ3) is 4.53. The lowest BCUT2D eigenvalue weighted by Gasteiger charge is -2.12. The molecule has 2 N–H and O–H groups in total. The standard InChI is InChI=1S/C20H19FN4O3/c1-27-14-7-8-18(28-2)16(9-14)25-19-10-17(23-12-24-19)20(26)22-11-13-5-3-4-6-15(13)21/h3-10,12H,11H2,1-2H3,(H,22,26)(H,23,24,25). The van der Waals surface area contributed by atoms with Gasteiger partial charge in [-0.15, -0.1) is 0 Å². The average molecular weight is 382 g/mol. The number of benzene rings is 2. The molecule has 0 aliphatic rings. The number of carbonyl (C=O) groups is 1.